The minimum absolute atomic E-state index is 0.0258. The molecule has 0 unspecified atom stereocenters. The predicted octanol–water partition coefficient (Wildman–Crippen LogP) is 1.94. The van der Waals surface area contributed by atoms with Crippen LogP contribution in [0, 0.1) is 0 Å². The van der Waals surface area contributed by atoms with Gasteiger partial charge >= 0.3 is 6.29 Å². The molecular formula is C12H14F2N2O3. The molecule has 0 bridgehead atoms. The Bertz CT molecular complexity index is 492. The summed E-state index contributed by atoms with van der Waals surface area (Å²) in [6.07, 6.45) is -3.63. The Hall–Kier alpha value is -2.05. The average molecular weight is 272 g/mol. The Balaban J connectivity index is 1.95. The fourth-order valence-corrected chi connectivity index (χ4v) is 1.61. The number of hydrogen-bond acceptors (Lipinski definition) is 4. The maximum Gasteiger partial charge on any atom is 0.586 e. The zero-order chi connectivity index (χ0) is 14.0. The average Bonchev–Trinajstić information content (AvgIpc) is 2.58. The molecule has 0 spiro atoms. The largest absolute Gasteiger partial charge is 0.586 e. The van der Waals surface area contributed by atoms with E-state index in [1.807, 2.05) is 13.8 Å². The van der Waals surface area contributed by atoms with Crippen LogP contribution in [-0.2, 0) is 4.79 Å². The molecule has 0 radical (unpaired) electrons. The first kappa shape index (κ1) is 13.4. The number of rotatable bonds is 4. The predicted molar refractivity (Wildman–Crippen MR) is 64.4 cm³/mol. The summed E-state index contributed by atoms with van der Waals surface area (Å²) in [6.45, 7) is 3.75. The van der Waals surface area contributed by atoms with Gasteiger partial charge in [-0.3, -0.25) is 4.79 Å². The molecule has 1 aliphatic rings. The number of amides is 1. The highest BCUT2D eigenvalue weighted by molar-refractivity contribution is 5.81. The summed E-state index contributed by atoms with van der Waals surface area (Å²) in [7, 11) is 0. The van der Waals surface area contributed by atoms with Gasteiger partial charge in [0.25, 0.3) is 0 Å². The van der Waals surface area contributed by atoms with Crippen LogP contribution in [-0.4, -0.2) is 24.8 Å². The van der Waals surface area contributed by atoms with Crippen LogP contribution in [0.5, 0.6) is 11.5 Å². The molecule has 2 N–H and O–H groups in total. The first-order valence-corrected chi connectivity index (χ1v) is 5.79. The van der Waals surface area contributed by atoms with Crippen molar-refractivity contribution in [2.45, 2.75) is 26.2 Å². The van der Waals surface area contributed by atoms with Gasteiger partial charge in [-0.15, -0.1) is 8.78 Å². The van der Waals surface area contributed by atoms with Crippen molar-refractivity contribution in [2.24, 2.45) is 0 Å². The molecule has 0 saturated heterocycles. The van der Waals surface area contributed by atoms with E-state index in [9.17, 15) is 13.6 Å². The molecule has 104 valence electrons. The quantitative estimate of drug-likeness (QED) is 0.879. The fourth-order valence-electron chi connectivity index (χ4n) is 1.61. The highest BCUT2D eigenvalue weighted by Gasteiger charge is 2.43. The van der Waals surface area contributed by atoms with Crippen LogP contribution in [0.1, 0.15) is 13.8 Å². The van der Waals surface area contributed by atoms with Crippen molar-refractivity contribution in [2.75, 3.05) is 11.9 Å². The second kappa shape index (κ2) is 4.91. The van der Waals surface area contributed by atoms with E-state index >= 15 is 0 Å². The lowest BCUT2D eigenvalue weighted by Crippen LogP contribution is -2.34. The van der Waals surface area contributed by atoms with Crippen molar-refractivity contribution >= 4 is 11.6 Å². The lowest BCUT2D eigenvalue weighted by Gasteiger charge is -2.10. The Labute approximate surface area is 108 Å². The molecule has 1 amide bonds. The highest BCUT2D eigenvalue weighted by atomic mass is 19.3. The van der Waals surface area contributed by atoms with Crippen LogP contribution >= 0.6 is 0 Å². The van der Waals surface area contributed by atoms with E-state index in [2.05, 4.69) is 20.1 Å². The minimum atomic E-state index is -3.63. The third kappa shape index (κ3) is 3.46. The van der Waals surface area contributed by atoms with E-state index in [-0.39, 0.29) is 30.0 Å². The number of hydrogen-bond donors (Lipinski definition) is 2. The van der Waals surface area contributed by atoms with Crippen molar-refractivity contribution < 1.29 is 23.0 Å². The summed E-state index contributed by atoms with van der Waals surface area (Å²) in [6, 6.07) is 4.30. The Morgan fingerprint density at radius 1 is 1.32 bits per heavy atom. The first-order valence-electron chi connectivity index (χ1n) is 5.79. The van der Waals surface area contributed by atoms with Gasteiger partial charge in [-0.25, -0.2) is 0 Å². The SMILES string of the molecule is CC(C)NC(=O)CNc1ccc2c(c1)OC(F)(F)O2. The van der Waals surface area contributed by atoms with Gasteiger partial charge in [-0.05, 0) is 26.0 Å². The van der Waals surface area contributed by atoms with E-state index in [1.54, 1.807) is 0 Å². The van der Waals surface area contributed by atoms with Crippen molar-refractivity contribution in [1.82, 2.24) is 5.32 Å². The molecule has 0 aliphatic carbocycles. The standard InChI is InChI=1S/C12H14F2N2O3/c1-7(2)16-11(17)6-15-8-3-4-9-10(5-8)19-12(13,14)18-9/h3-5,7,15H,6H2,1-2H3,(H,16,17). The summed E-state index contributed by atoms with van der Waals surface area (Å²) in [5, 5.41) is 5.52. The number of halogens is 2. The fraction of sp³-hybridized carbons (Fsp3) is 0.417. The Kier molecular flexibility index (Phi) is 3.46. The lowest BCUT2D eigenvalue weighted by atomic mass is 10.3. The summed E-state index contributed by atoms with van der Waals surface area (Å²) in [5.41, 5.74) is 0.499. The second-order valence-electron chi connectivity index (χ2n) is 4.40. The molecule has 2 rings (SSSR count). The molecule has 0 aromatic heterocycles. The van der Waals surface area contributed by atoms with Crippen LogP contribution < -0.4 is 20.1 Å². The number of nitrogens with one attached hydrogen (secondary N) is 2. The number of benzene rings is 1. The lowest BCUT2D eigenvalue weighted by molar-refractivity contribution is -0.286. The van der Waals surface area contributed by atoms with Crippen molar-refractivity contribution in [3.05, 3.63) is 18.2 Å². The van der Waals surface area contributed by atoms with Gasteiger partial charge in [-0.1, -0.05) is 0 Å². The first-order chi connectivity index (χ1) is 8.85. The normalized spacial score (nSPS) is 15.4. The van der Waals surface area contributed by atoms with E-state index < -0.39 is 6.29 Å². The molecule has 0 atom stereocenters. The van der Waals surface area contributed by atoms with Crippen LogP contribution in [0.4, 0.5) is 14.5 Å². The van der Waals surface area contributed by atoms with E-state index in [0.717, 1.165) is 0 Å². The number of alkyl halides is 2. The van der Waals surface area contributed by atoms with Gasteiger partial charge in [0.2, 0.25) is 5.91 Å². The van der Waals surface area contributed by atoms with Gasteiger partial charge in [0, 0.05) is 17.8 Å². The molecule has 7 heteroatoms. The van der Waals surface area contributed by atoms with Crippen LogP contribution in [0.3, 0.4) is 0 Å². The van der Waals surface area contributed by atoms with Gasteiger partial charge in [0.05, 0.1) is 6.54 Å². The van der Waals surface area contributed by atoms with Crippen molar-refractivity contribution in [1.29, 1.82) is 0 Å². The second-order valence-corrected chi connectivity index (χ2v) is 4.40. The molecule has 5 nitrogen and oxygen atoms in total. The highest BCUT2D eigenvalue weighted by Crippen LogP contribution is 2.42. The minimum Gasteiger partial charge on any atom is -0.395 e. The Morgan fingerprint density at radius 3 is 2.68 bits per heavy atom. The smallest absolute Gasteiger partial charge is 0.395 e. The monoisotopic (exact) mass is 272 g/mol. The van der Waals surface area contributed by atoms with E-state index in [4.69, 9.17) is 0 Å². The third-order valence-corrected chi connectivity index (χ3v) is 2.30. The maximum absolute atomic E-state index is 12.8. The number of carbonyl (C=O) groups is 1. The van der Waals surface area contributed by atoms with Crippen molar-refractivity contribution in [3.63, 3.8) is 0 Å². The van der Waals surface area contributed by atoms with Gasteiger partial charge in [0.1, 0.15) is 0 Å². The molecule has 19 heavy (non-hydrogen) atoms. The molecule has 1 aromatic carbocycles. The molecule has 0 saturated carbocycles. The van der Waals surface area contributed by atoms with Crippen molar-refractivity contribution in [3.8, 4) is 11.5 Å². The molecule has 1 aliphatic heterocycles. The maximum atomic E-state index is 12.8. The number of fused-ring (bicyclic) bond motifs is 1. The zero-order valence-corrected chi connectivity index (χ0v) is 10.5. The number of carbonyl (C=O) groups excluding carboxylic acids is 1. The number of anilines is 1. The molecular weight excluding hydrogens is 258 g/mol. The molecule has 1 aromatic rings. The summed E-state index contributed by atoms with van der Waals surface area (Å²) < 4.78 is 34.2. The Morgan fingerprint density at radius 2 is 2.00 bits per heavy atom. The summed E-state index contributed by atoms with van der Waals surface area (Å²) in [4.78, 5) is 11.4. The van der Waals surface area contributed by atoms with E-state index in [0.29, 0.717) is 5.69 Å². The van der Waals surface area contributed by atoms with E-state index in [1.165, 1.54) is 18.2 Å². The van der Waals surface area contributed by atoms with Gasteiger partial charge in [0.15, 0.2) is 11.5 Å². The molecule has 1 heterocycles. The van der Waals surface area contributed by atoms with Crippen LogP contribution in [0.2, 0.25) is 0 Å². The number of ether oxygens (including phenoxy) is 2. The van der Waals surface area contributed by atoms with Gasteiger partial charge < -0.3 is 20.1 Å². The summed E-state index contributed by atoms with van der Waals surface area (Å²) in [5.74, 6) is -0.264. The van der Waals surface area contributed by atoms with Crippen LogP contribution in [0.25, 0.3) is 0 Å². The third-order valence-electron chi connectivity index (χ3n) is 2.30. The zero-order valence-electron chi connectivity index (χ0n) is 10.5. The summed E-state index contributed by atoms with van der Waals surface area (Å²) >= 11 is 0. The van der Waals surface area contributed by atoms with Crippen LogP contribution in [0.15, 0.2) is 18.2 Å². The topological polar surface area (TPSA) is 59.6 Å². The van der Waals surface area contributed by atoms with Gasteiger partial charge in [-0.2, -0.15) is 0 Å². The molecule has 0 fully saturated rings.